The van der Waals surface area contributed by atoms with Crippen LogP contribution in [-0.2, 0) is 16.6 Å². The minimum atomic E-state index is -3.59. The normalized spacial score (nSPS) is 13.3. The number of benzene rings is 1. The molecule has 0 amide bonds. The third kappa shape index (κ3) is 3.17. The van der Waals surface area contributed by atoms with Crippen LogP contribution < -0.4 is 10.5 Å². The average Bonchev–Trinajstić information content (AvgIpc) is 2.84. The smallest absolute Gasteiger partial charge is 0.241 e. The van der Waals surface area contributed by atoms with Crippen molar-refractivity contribution < 1.29 is 8.42 Å². The van der Waals surface area contributed by atoms with Gasteiger partial charge in [0.1, 0.15) is 0 Å². The van der Waals surface area contributed by atoms with Crippen LogP contribution in [-0.4, -0.2) is 24.2 Å². The summed E-state index contributed by atoms with van der Waals surface area (Å²) in [6.45, 7) is 3.95. The van der Waals surface area contributed by atoms with Crippen molar-refractivity contribution in [1.29, 1.82) is 0 Å². The van der Waals surface area contributed by atoms with Crippen LogP contribution in [0.15, 0.2) is 41.6 Å². The highest BCUT2D eigenvalue weighted by Gasteiger charge is 2.20. The van der Waals surface area contributed by atoms with Crippen molar-refractivity contribution in [3.8, 4) is 0 Å². The molecule has 0 saturated carbocycles. The largest absolute Gasteiger partial charge is 0.398 e. The van der Waals surface area contributed by atoms with Crippen molar-refractivity contribution in [2.45, 2.75) is 31.3 Å². The Hall–Kier alpha value is -1.86. The second-order valence-electron chi connectivity index (χ2n) is 4.72. The summed E-state index contributed by atoms with van der Waals surface area (Å²) in [4.78, 5) is 0.213. The molecule has 1 aromatic carbocycles. The maximum Gasteiger partial charge on any atom is 0.241 e. The lowest BCUT2D eigenvalue weighted by atomic mass is 10.2. The van der Waals surface area contributed by atoms with E-state index in [1.165, 1.54) is 0 Å². The van der Waals surface area contributed by atoms with Crippen LogP contribution in [0.4, 0.5) is 5.69 Å². The standard InChI is InChI=1S/C13H18N4O2S/c1-10(9-17-8-4-7-15-17)16-20(18,19)13-6-3-5-12(14)11(13)2/h3-8,10,16H,9,14H2,1-2H3. The molecule has 0 aliphatic heterocycles. The summed E-state index contributed by atoms with van der Waals surface area (Å²) in [6, 6.07) is 6.38. The van der Waals surface area contributed by atoms with Crippen molar-refractivity contribution in [2.75, 3.05) is 5.73 Å². The molecule has 3 N–H and O–H groups in total. The number of aromatic nitrogens is 2. The Morgan fingerprint density at radius 2 is 2.15 bits per heavy atom. The van der Waals surface area contributed by atoms with Crippen LogP contribution in [0, 0.1) is 6.92 Å². The van der Waals surface area contributed by atoms with Gasteiger partial charge in [-0.3, -0.25) is 4.68 Å². The fourth-order valence-corrected chi connectivity index (χ4v) is 3.49. The molecule has 0 saturated heterocycles. The summed E-state index contributed by atoms with van der Waals surface area (Å²) in [5.41, 5.74) is 6.78. The molecule has 0 bridgehead atoms. The number of nitrogens with two attached hydrogens (primary N) is 1. The van der Waals surface area contributed by atoms with Gasteiger partial charge in [-0.1, -0.05) is 6.07 Å². The van der Waals surface area contributed by atoms with Gasteiger partial charge in [0.25, 0.3) is 0 Å². The monoisotopic (exact) mass is 294 g/mol. The number of rotatable bonds is 5. The second kappa shape index (κ2) is 5.64. The summed E-state index contributed by atoms with van der Waals surface area (Å²) in [5, 5.41) is 4.05. The molecule has 1 heterocycles. The summed E-state index contributed by atoms with van der Waals surface area (Å²) < 4.78 is 29.0. The van der Waals surface area contributed by atoms with Crippen molar-refractivity contribution >= 4 is 15.7 Å². The first-order valence-electron chi connectivity index (χ1n) is 6.25. The van der Waals surface area contributed by atoms with Crippen LogP contribution in [0.5, 0.6) is 0 Å². The minimum absolute atomic E-state index is 0.213. The van der Waals surface area contributed by atoms with Crippen molar-refractivity contribution in [1.82, 2.24) is 14.5 Å². The van der Waals surface area contributed by atoms with Gasteiger partial charge >= 0.3 is 0 Å². The van der Waals surface area contributed by atoms with Crippen LogP contribution in [0.2, 0.25) is 0 Å². The van der Waals surface area contributed by atoms with Gasteiger partial charge in [-0.15, -0.1) is 0 Å². The summed E-state index contributed by atoms with van der Waals surface area (Å²) in [5.74, 6) is 0. The molecular formula is C13H18N4O2S. The van der Waals surface area contributed by atoms with E-state index in [2.05, 4.69) is 9.82 Å². The number of sulfonamides is 1. The van der Waals surface area contributed by atoms with E-state index in [1.54, 1.807) is 55.2 Å². The Balaban J connectivity index is 2.16. The summed E-state index contributed by atoms with van der Waals surface area (Å²) in [7, 11) is -3.59. The number of hydrogen-bond acceptors (Lipinski definition) is 4. The summed E-state index contributed by atoms with van der Waals surface area (Å²) in [6.07, 6.45) is 3.44. The van der Waals surface area contributed by atoms with Crippen LogP contribution in [0.3, 0.4) is 0 Å². The van der Waals surface area contributed by atoms with Gasteiger partial charge in [-0.25, -0.2) is 13.1 Å². The van der Waals surface area contributed by atoms with Gasteiger partial charge in [-0.2, -0.15) is 5.10 Å². The molecule has 0 aliphatic carbocycles. The predicted molar refractivity (Wildman–Crippen MR) is 77.6 cm³/mol. The van der Waals surface area contributed by atoms with E-state index in [4.69, 9.17) is 5.73 Å². The van der Waals surface area contributed by atoms with Crippen molar-refractivity contribution in [3.63, 3.8) is 0 Å². The first-order chi connectivity index (χ1) is 9.40. The highest BCUT2D eigenvalue weighted by molar-refractivity contribution is 7.89. The number of nitrogens with zero attached hydrogens (tertiary/aromatic N) is 2. The zero-order valence-corrected chi connectivity index (χ0v) is 12.3. The van der Waals surface area contributed by atoms with Gasteiger partial charge in [-0.05, 0) is 37.6 Å². The number of nitrogens with one attached hydrogen (secondary N) is 1. The molecule has 108 valence electrons. The Bertz CT molecular complexity index is 680. The zero-order valence-electron chi connectivity index (χ0n) is 11.4. The van der Waals surface area contributed by atoms with Gasteiger partial charge in [0, 0.05) is 24.1 Å². The quantitative estimate of drug-likeness (QED) is 0.809. The predicted octanol–water partition coefficient (Wildman–Crippen LogP) is 1.14. The van der Waals surface area contributed by atoms with Gasteiger partial charge in [0.05, 0.1) is 11.4 Å². The van der Waals surface area contributed by atoms with E-state index in [1.807, 2.05) is 0 Å². The maximum atomic E-state index is 12.3. The summed E-state index contributed by atoms with van der Waals surface area (Å²) >= 11 is 0. The molecule has 6 nitrogen and oxygen atoms in total. The Kier molecular flexibility index (Phi) is 4.10. The maximum absolute atomic E-state index is 12.3. The van der Waals surface area contributed by atoms with E-state index in [-0.39, 0.29) is 10.9 Å². The van der Waals surface area contributed by atoms with E-state index in [0.29, 0.717) is 17.8 Å². The number of nitrogen functional groups attached to an aromatic ring is 1. The molecule has 1 aromatic heterocycles. The average molecular weight is 294 g/mol. The Morgan fingerprint density at radius 1 is 1.40 bits per heavy atom. The third-order valence-electron chi connectivity index (χ3n) is 2.99. The lowest BCUT2D eigenvalue weighted by Crippen LogP contribution is -2.36. The molecule has 20 heavy (non-hydrogen) atoms. The molecule has 7 heteroatoms. The fourth-order valence-electron chi connectivity index (χ4n) is 1.98. The molecule has 0 spiro atoms. The fraction of sp³-hybridized carbons (Fsp3) is 0.308. The lowest BCUT2D eigenvalue weighted by molar-refractivity contribution is 0.493. The molecular weight excluding hydrogens is 276 g/mol. The molecule has 0 fully saturated rings. The Morgan fingerprint density at radius 3 is 2.80 bits per heavy atom. The minimum Gasteiger partial charge on any atom is -0.398 e. The number of hydrogen-bond donors (Lipinski definition) is 2. The van der Waals surface area contributed by atoms with Gasteiger partial charge in [0.15, 0.2) is 0 Å². The second-order valence-corrected chi connectivity index (χ2v) is 6.40. The first kappa shape index (κ1) is 14.5. The Labute approximate surface area is 118 Å². The molecule has 0 aliphatic rings. The van der Waals surface area contributed by atoms with Gasteiger partial charge in [0.2, 0.25) is 10.0 Å². The van der Waals surface area contributed by atoms with Crippen LogP contribution >= 0.6 is 0 Å². The molecule has 2 aromatic rings. The topological polar surface area (TPSA) is 90.0 Å². The zero-order chi connectivity index (χ0) is 14.8. The van der Waals surface area contributed by atoms with Crippen molar-refractivity contribution in [3.05, 3.63) is 42.2 Å². The van der Waals surface area contributed by atoms with Crippen LogP contribution in [0.25, 0.3) is 0 Å². The van der Waals surface area contributed by atoms with Crippen molar-refractivity contribution in [2.24, 2.45) is 0 Å². The van der Waals surface area contributed by atoms with E-state index in [9.17, 15) is 8.42 Å². The van der Waals surface area contributed by atoms with Crippen LogP contribution in [0.1, 0.15) is 12.5 Å². The van der Waals surface area contributed by atoms with Gasteiger partial charge < -0.3 is 5.73 Å². The highest BCUT2D eigenvalue weighted by atomic mass is 32.2. The number of anilines is 1. The highest BCUT2D eigenvalue weighted by Crippen LogP contribution is 2.20. The van der Waals surface area contributed by atoms with E-state index >= 15 is 0 Å². The molecule has 1 unspecified atom stereocenters. The molecule has 2 rings (SSSR count). The van der Waals surface area contributed by atoms with E-state index < -0.39 is 10.0 Å². The molecule has 1 atom stereocenters. The lowest BCUT2D eigenvalue weighted by Gasteiger charge is -2.16. The molecule has 0 radical (unpaired) electrons. The third-order valence-corrected chi connectivity index (χ3v) is 4.73. The van der Waals surface area contributed by atoms with E-state index in [0.717, 1.165) is 0 Å². The first-order valence-corrected chi connectivity index (χ1v) is 7.73. The SMILES string of the molecule is Cc1c(N)cccc1S(=O)(=O)NC(C)Cn1cccn1.